The Bertz CT molecular complexity index is 700. The molecule has 0 radical (unpaired) electrons. The van der Waals surface area contributed by atoms with Gasteiger partial charge in [-0.25, -0.2) is 4.79 Å². The number of fused-ring (bicyclic) bond motifs is 1. The highest BCUT2D eigenvalue weighted by Gasteiger charge is 2.18. The number of imidazole rings is 1. The van der Waals surface area contributed by atoms with Crippen molar-refractivity contribution in [3.05, 3.63) is 32.7 Å². The van der Waals surface area contributed by atoms with Crippen molar-refractivity contribution in [2.75, 3.05) is 18.4 Å². The quantitative estimate of drug-likeness (QED) is 0.604. The maximum absolute atomic E-state index is 11.8. The molecule has 0 aliphatic heterocycles. The van der Waals surface area contributed by atoms with Crippen LogP contribution in [0.2, 0.25) is 0 Å². The number of nitrogens with one attached hydrogen (secondary N) is 1. The van der Waals surface area contributed by atoms with Crippen LogP contribution in [0, 0.1) is 10.1 Å². The normalized spacial score (nSPS) is 10.9. The minimum Gasteiger partial charge on any atom is -0.378 e. The lowest BCUT2D eigenvalue weighted by atomic mass is 10.2. The van der Waals surface area contributed by atoms with Gasteiger partial charge in [0.15, 0.2) is 0 Å². The van der Waals surface area contributed by atoms with E-state index in [1.54, 1.807) is 20.2 Å². The summed E-state index contributed by atoms with van der Waals surface area (Å²) in [6.07, 6.45) is 0. The Morgan fingerprint density at radius 3 is 2.42 bits per heavy atom. The minimum absolute atomic E-state index is 0.0675. The van der Waals surface area contributed by atoms with E-state index in [-0.39, 0.29) is 11.4 Å². The van der Waals surface area contributed by atoms with Gasteiger partial charge in [0.25, 0.3) is 5.69 Å². The maximum atomic E-state index is 11.8. The largest absolute Gasteiger partial charge is 0.378 e. The highest BCUT2D eigenvalue weighted by molar-refractivity contribution is 5.85. The van der Waals surface area contributed by atoms with E-state index in [1.165, 1.54) is 15.2 Å². The van der Waals surface area contributed by atoms with E-state index in [0.717, 1.165) is 0 Å². The molecule has 3 N–H and O–H groups in total. The first kappa shape index (κ1) is 13.1. The fraction of sp³-hybridized carbons (Fsp3) is 0.364. The van der Waals surface area contributed by atoms with Crippen molar-refractivity contribution in [3.63, 3.8) is 0 Å². The Morgan fingerprint density at radius 1 is 1.32 bits per heavy atom. The molecule has 102 valence electrons. The van der Waals surface area contributed by atoms with Gasteiger partial charge >= 0.3 is 5.69 Å². The topological polar surface area (TPSA) is 108 Å². The van der Waals surface area contributed by atoms with Gasteiger partial charge < -0.3 is 11.1 Å². The van der Waals surface area contributed by atoms with Crippen LogP contribution < -0.4 is 16.7 Å². The molecule has 1 heterocycles. The van der Waals surface area contributed by atoms with Gasteiger partial charge in [-0.1, -0.05) is 0 Å². The van der Waals surface area contributed by atoms with E-state index < -0.39 is 4.92 Å². The maximum Gasteiger partial charge on any atom is 0.328 e. The molecule has 0 aliphatic carbocycles. The molecule has 1 aromatic carbocycles. The number of nitro benzene ring substituents is 1. The zero-order chi connectivity index (χ0) is 14.2. The molecule has 0 fully saturated rings. The van der Waals surface area contributed by atoms with Crippen LogP contribution in [0.5, 0.6) is 0 Å². The van der Waals surface area contributed by atoms with Crippen molar-refractivity contribution in [3.8, 4) is 0 Å². The molecule has 2 rings (SSSR count). The predicted molar refractivity (Wildman–Crippen MR) is 72.4 cm³/mol. The molecule has 2 aromatic rings. The summed E-state index contributed by atoms with van der Waals surface area (Å²) in [6.45, 7) is 0.788. The van der Waals surface area contributed by atoms with Crippen LogP contribution in [0.25, 0.3) is 11.0 Å². The second-order valence-corrected chi connectivity index (χ2v) is 4.23. The molecule has 0 aliphatic rings. The molecule has 0 spiro atoms. The van der Waals surface area contributed by atoms with Crippen LogP contribution in [0.4, 0.5) is 11.4 Å². The molecular formula is C11H15N5O3. The third kappa shape index (κ3) is 2.06. The van der Waals surface area contributed by atoms with Crippen molar-refractivity contribution in [1.29, 1.82) is 0 Å². The second-order valence-electron chi connectivity index (χ2n) is 4.23. The Morgan fingerprint density at radius 2 is 1.89 bits per heavy atom. The Balaban J connectivity index is 2.73. The van der Waals surface area contributed by atoms with Crippen LogP contribution in [-0.4, -0.2) is 27.1 Å². The van der Waals surface area contributed by atoms with E-state index in [9.17, 15) is 14.9 Å². The molecule has 0 atom stereocenters. The number of nitrogens with two attached hydrogens (primary N) is 1. The highest BCUT2D eigenvalue weighted by atomic mass is 16.6. The first-order valence-electron chi connectivity index (χ1n) is 5.75. The van der Waals surface area contributed by atoms with Crippen molar-refractivity contribution >= 4 is 22.4 Å². The summed E-state index contributed by atoms with van der Waals surface area (Å²) in [5, 5.41) is 14.0. The summed E-state index contributed by atoms with van der Waals surface area (Å²) in [5.74, 6) is 0. The van der Waals surface area contributed by atoms with E-state index in [4.69, 9.17) is 5.73 Å². The smallest absolute Gasteiger partial charge is 0.328 e. The predicted octanol–water partition coefficient (Wildman–Crippen LogP) is 0.156. The number of nitrogens with zero attached hydrogens (tertiary/aromatic N) is 3. The summed E-state index contributed by atoms with van der Waals surface area (Å²) in [6, 6.07) is 3.00. The lowest BCUT2D eigenvalue weighted by Crippen LogP contribution is -2.19. The first-order chi connectivity index (χ1) is 8.97. The van der Waals surface area contributed by atoms with Gasteiger partial charge in [-0.15, -0.1) is 0 Å². The van der Waals surface area contributed by atoms with Crippen LogP contribution in [0.15, 0.2) is 16.9 Å². The van der Waals surface area contributed by atoms with Crippen LogP contribution >= 0.6 is 0 Å². The molecule has 0 amide bonds. The van der Waals surface area contributed by atoms with Gasteiger partial charge in [0.2, 0.25) is 0 Å². The molecule has 0 saturated carbocycles. The summed E-state index contributed by atoms with van der Waals surface area (Å²) in [5.41, 5.74) is 6.62. The number of hydrogen-bond acceptors (Lipinski definition) is 5. The molecule has 0 bridgehead atoms. The zero-order valence-corrected chi connectivity index (χ0v) is 10.7. The van der Waals surface area contributed by atoms with E-state index >= 15 is 0 Å². The SMILES string of the molecule is Cn1c(=O)n(C)c2cc([N+](=O)[O-])c(NCCN)cc21. The van der Waals surface area contributed by atoms with Gasteiger partial charge in [-0.2, -0.15) is 0 Å². The summed E-state index contributed by atoms with van der Waals surface area (Å²) < 4.78 is 2.84. The van der Waals surface area contributed by atoms with Gasteiger partial charge in [-0.3, -0.25) is 19.2 Å². The van der Waals surface area contributed by atoms with Gasteiger partial charge in [-0.05, 0) is 6.07 Å². The molecule has 19 heavy (non-hydrogen) atoms. The van der Waals surface area contributed by atoms with Crippen molar-refractivity contribution in [2.24, 2.45) is 19.8 Å². The monoisotopic (exact) mass is 265 g/mol. The van der Waals surface area contributed by atoms with E-state index in [2.05, 4.69) is 5.32 Å². The molecule has 8 nitrogen and oxygen atoms in total. The number of nitro groups is 1. The number of benzene rings is 1. The van der Waals surface area contributed by atoms with E-state index in [0.29, 0.717) is 29.8 Å². The number of hydrogen-bond donors (Lipinski definition) is 2. The standard InChI is InChI=1S/C11H15N5O3/c1-14-9-5-7(13-4-3-12)8(16(18)19)6-10(9)15(2)11(14)17/h5-6,13H,3-4,12H2,1-2H3. The average molecular weight is 265 g/mol. The van der Waals surface area contributed by atoms with Gasteiger partial charge in [0.1, 0.15) is 5.69 Å². The fourth-order valence-corrected chi connectivity index (χ4v) is 2.03. The second kappa shape index (κ2) is 4.73. The number of anilines is 1. The molecule has 1 aromatic heterocycles. The molecule has 0 unspecified atom stereocenters. The van der Waals surface area contributed by atoms with Crippen LogP contribution in [0.3, 0.4) is 0 Å². The van der Waals surface area contributed by atoms with Gasteiger partial charge in [0.05, 0.1) is 16.0 Å². The fourth-order valence-electron chi connectivity index (χ4n) is 2.03. The van der Waals surface area contributed by atoms with Crippen molar-refractivity contribution in [2.45, 2.75) is 0 Å². The third-order valence-corrected chi connectivity index (χ3v) is 3.05. The van der Waals surface area contributed by atoms with Crippen molar-refractivity contribution < 1.29 is 4.92 Å². The number of aryl methyl sites for hydroxylation is 2. The van der Waals surface area contributed by atoms with Crippen LogP contribution in [0.1, 0.15) is 0 Å². The summed E-state index contributed by atoms with van der Waals surface area (Å²) in [7, 11) is 3.21. The summed E-state index contributed by atoms with van der Waals surface area (Å²) >= 11 is 0. The molecule has 8 heteroatoms. The summed E-state index contributed by atoms with van der Waals surface area (Å²) in [4.78, 5) is 22.4. The zero-order valence-electron chi connectivity index (χ0n) is 10.7. The Labute approximate surface area is 108 Å². The third-order valence-electron chi connectivity index (χ3n) is 3.05. The van der Waals surface area contributed by atoms with Gasteiger partial charge in [0, 0.05) is 33.3 Å². The van der Waals surface area contributed by atoms with Crippen molar-refractivity contribution in [1.82, 2.24) is 9.13 Å². The highest BCUT2D eigenvalue weighted by Crippen LogP contribution is 2.29. The lowest BCUT2D eigenvalue weighted by Gasteiger charge is -2.06. The van der Waals surface area contributed by atoms with E-state index in [1.807, 2.05) is 0 Å². The Kier molecular flexibility index (Phi) is 3.26. The Hall–Kier alpha value is -2.35. The number of rotatable bonds is 4. The van der Waals surface area contributed by atoms with Crippen LogP contribution in [-0.2, 0) is 14.1 Å². The minimum atomic E-state index is -0.476. The first-order valence-corrected chi connectivity index (χ1v) is 5.75. The lowest BCUT2D eigenvalue weighted by molar-refractivity contribution is -0.383. The molecular weight excluding hydrogens is 250 g/mol. The molecule has 0 saturated heterocycles. The number of aromatic nitrogens is 2. The average Bonchev–Trinajstić information content (AvgIpc) is 2.60.